The Morgan fingerprint density at radius 2 is 1.78 bits per heavy atom. The molecule has 1 unspecified atom stereocenters. The van der Waals surface area contributed by atoms with Crippen LogP contribution in [0.25, 0.3) is 0 Å². The summed E-state index contributed by atoms with van der Waals surface area (Å²) in [5.74, 6) is 0.839. The minimum absolute atomic E-state index is 0.138. The van der Waals surface area contributed by atoms with E-state index in [0.717, 1.165) is 23.5 Å². The van der Waals surface area contributed by atoms with E-state index < -0.39 is 6.10 Å². The number of rotatable bonds is 13. The molecular formula is C30H39Cl2NO4. The minimum Gasteiger partial charge on any atom is -0.469 e. The number of hydrogen-bond donors (Lipinski definition) is 1. The molecule has 1 fully saturated rings. The second-order valence-electron chi connectivity index (χ2n) is 9.98. The lowest BCUT2D eigenvalue weighted by Gasteiger charge is -2.26. The summed E-state index contributed by atoms with van der Waals surface area (Å²) >= 11 is 12.7. The minimum atomic E-state index is -0.490. The molecule has 1 saturated carbocycles. The molecule has 7 heteroatoms. The molecule has 0 aliphatic heterocycles. The van der Waals surface area contributed by atoms with Crippen LogP contribution in [0.1, 0.15) is 92.3 Å². The summed E-state index contributed by atoms with van der Waals surface area (Å²) in [6.45, 7) is 3.19. The SMILES string of the molecule is CCC(CNC(=O)c1cc(Cl)cc([C@@H](OCCCC(=O)OC)c2cccc(Cl)c2)c1)CC1CCCCC1. The Morgan fingerprint density at radius 3 is 2.49 bits per heavy atom. The number of benzene rings is 2. The predicted octanol–water partition coefficient (Wildman–Crippen LogP) is 7.78. The van der Waals surface area contributed by atoms with Crippen LogP contribution in [0.3, 0.4) is 0 Å². The van der Waals surface area contributed by atoms with Crippen molar-refractivity contribution in [2.75, 3.05) is 20.3 Å². The maximum absolute atomic E-state index is 13.2. The van der Waals surface area contributed by atoms with E-state index in [4.69, 9.17) is 32.7 Å². The lowest BCUT2D eigenvalue weighted by molar-refractivity contribution is -0.141. The molecule has 2 aromatic rings. The summed E-state index contributed by atoms with van der Waals surface area (Å²) in [5, 5.41) is 4.19. The van der Waals surface area contributed by atoms with Crippen LogP contribution in [-0.4, -0.2) is 32.1 Å². The Hall–Kier alpha value is -2.08. The van der Waals surface area contributed by atoms with E-state index in [1.165, 1.54) is 45.6 Å². The Kier molecular flexibility index (Phi) is 12.2. The number of hydrogen-bond acceptors (Lipinski definition) is 4. The molecule has 2 atom stereocenters. The number of carbonyl (C=O) groups excluding carboxylic acids is 2. The summed E-state index contributed by atoms with van der Waals surface area (Å²) in [6.07, 6.45) is 9.15. The van der Waals surface area contributed by atoms with Gasteiger partial charge in [0, 0.05) is 35.2 Å². The number of methoxy groups -OCH3 is 1. The smallest absolute Gasteiger partial charge is 0.305 e. The summed E-state index contributed by atoms with van der Waals surface area (Å²) in [7, 11) is 1.37. The zero-order valence-corrected chi connectivity index (χ0v) is 23.5. The number of amides is 1. The Bertz CT molecular complexity index is 1020. The lowest BCUT2D eigenvalue weighted by Crippen LogP contribution is -2.30. The van der Waals surface area contributed by atoms with Crippen molar-refractivity contribution in [1.29, 1.82) is 0 Å². The third-order valence-electron chi connectivity index (χ3n) is 7.19. The van der Waals surface area contributed by atoms with E-state index in [9.17, 15) is 9.59 Å². The van der Waals surface area contributed by atoms with Crippen molar-refractivity contribution in [3.63, 3.8) is 0 Å². The number of halogens is 2. The molecular weight excluding hydrogens is 509 g/mol. The Labute approximate surface area is 231 Å². The van der Waals surface area contributed by atoms with Crippen molar-refractivity contribution in [3.8, 4) is 0 Å². The van der Waals surface area contributed by atoms with Crippen molar-refractivity contribution in [2.24, 2.45) is 11.8 Å². The fourth-order valence-corrected chi connectivity index (χ4v) is 5.54. The molecule has 1 amide bonds. The molecule has 0 saturated heterocycles. The third-order valence-corrected chi connectivity index (χ3v) is 7.65. The van der Waals surface area contributed by atoms with Crippen LogP contribution in [0.2, 0.25) is 10.0 Å². The first-order valence-electron chi connectivity index (χ1n) is 13.4. The zero-order chi connectivity index (χ0) is 26.6. The largest absolute Gasteiger partial charge is 0.469 e. The molecule has 0 spiro atoms. The molecule has 0 aromatic heterocycles. The number of esters is 1. The van der Waals surface area contributed by atoms with Crippen molar-refractivity contribution < 1.29 is 19.1 Å². The number of carbonyl (C=O) groups is 2. The van der Waals surface area contributed by atoms with E-state index in [1.54, 1.807) is 12.1 Å². The highest BCUT2D eigenvalue weighted by atomic mass is 35.5. The summed E-state index contributed by atoms with van der Waals surface area (Å²) < 4.78 is 10.9. The van der Waals surface area contributed by atoms with Crippen molar-refractivity contribution in [2.45, 2.75) is 70.8 Å². The van der Waals surface area contributed by atoms with Gasteiger partial charge in [0.25, 0.3) is 5.91 Å². The maximum Gasteiger partial charge on any atom is 0.305 e. The topological polar surface area (TPSA) is 64.6 Å². The van der Waals surface area contributed by atoms with Crippen LogP contribution in [0.15, 0.2) is 42.5 Å². The highest BCUT2D eigenvalue weighted by Crippen LogP contribution is 2.32. The molecule has 1 aliphatic carbocycles. The molecule has 1 N–H and O–H groups in total. The van der Waals surface area contributed by atoms with Crippen molar-refractivity contribution in [3.05, 3.63) is 69.2 Å². The highest BCUT2D eigenvalue weighted by Gasteiger charge is 2.21. The van der Waals surface area contributed by atoms with Gasteiger partial charge in [0.15, 0.2) is 0 Å². The van der Waals surface area contributed by atoms with Gasteiger partial charge in [-0.05, 0) is 66.1 Å². The number of nitrogens with one attached hydrogen (secondary N) is 1. The first-order valence-corrected chi connectivity index (χ1v) is 14.2. The zero-order valence-electron chi connectivity index (χ0n) is 21.9. The summed E-state index contributed by atoms with van der Waals surface area (Å²) in [5.41, 5.74) is 2.10. The number of ether oxygens (including phenoxy) is 2. The predicted molar refractivity (Wildman–Crippen MR) is 149 cm³/mol. The second kappa shape index (κ2) is 15.4. The van der Waals surface area contributed by atoms with Gasteiger partial charge in [-0.25, -0.2) is 0 Å². The normalized spacial score (nSPS) is 15.7. The first-order chi connectivity index (χ1) is 17.9. The standard InChI is InChI=1S/C30H39Cl2NO4/c1-3-21(15-22-9-5-4-6-10-22)20-33-30(35)25-16-24(18-27(32)19-25)29(23-11-7-12-26(31)17-23)37-14-8-13-28(34)36-2/h7,11-12,16-19,21-22,29H,3-6,8-10,13-15,20H2,1-2H3,(H,33,35)/t21?,29-/m0/s1. The average molecular weight is 549 g/mol. The molecule has 5 nitrogen and oxygen atoms in total. The van der Waals surface area contributed by atoms with Crippen LogP contribution in [0.5, 0.6) is 0 Å². The van der Waals surface area contributed by atoms with Crippen LogP contribution in [-0.2, 0) is 14.3 Å². The summed E-state index contributed by atoms with van der Waals surface area (Å²) in [4.78, 5) is 24.7. The highest BCUT2D eigenvalue weighted by molar-refractivity contribution is 6.31. The van der Waals surface area contributed by atoms with E-state index in [1.807, 2.05) is 30.3 Å². The molecule has 0 bridgehead atoms. The molecule has 3 rings (SSSR count). The Balaban J connectivity index is 1.71. The second-order valence-corrected chi connectivity index (χ2v) is 10.9. The van der Waals surface area contributed by atoms with Gasteiger partial charge < -0.3 is 14.8 Å². The van der Waals surface area contributed by atoms with Gasteiger partial charge in [-0.1, -0.05) is 80.8 Å². The van der Waals surface area contributed by atoms with Crippen LogP contribution in [0, 0.1) is 11.8 Å². The fourth-order valence-electron chi connectivity index (χ4n) is 5.10. The van der Waals surface area contributed by atoms with Gasteiger partial charge in [-0.3, -0.25) is 9.59 Å². The molecule has 0 radical (unpaired) electrons. The monoisotopic (exact) mass is 547 g/mol. The van der Waals surface area contributed by atoms with Gasteiger partial charge in [-0.2, -0.15) is 0 Å². The molecule has 2 aromatic carbocycles. The van der Waals surface area contributed by atoms with E-state index >= 15 is 0 Å². The quantitative estimate of drug-likeness (QED) is 0.205. The van der Waals surface area contributed by atoms with Gasteiger partial charge in [0.2, 0.25) is 0 Å². The lowest BCUT2D eigenvalue weighted by atomic mass is 9.82. The summed E-state index contributed by atoms with van der Waals surface area (Å²) in [6, 6.07) is 12.7. The molecule has 0 heterocycles. The third kappa shape index (κ3) is 9.63. The van der Waals surface area contributed by atoms with E-state index in [0.29, 0.717) is 41.1 Å². The maximum atomic E-state index is 13.2. The van der Waals surface area contributed by atoms with Crippen LogP contribution >= 0.6 is 23.2 Å². The molecule has 37 heavy (non-hydrogen) atoms. The van der Waals surface area contributed by atoms with Gasteiger partial charge >= 0.3 is 5.97 Å². The fraction of sp³-hybridized carbons (Fsp3) is 0.533. The van der Waals surface area contributed by atoms with Crippen molar-refractivity contribution >= 4 is 35.1 Å². The van der Waals surface area contributed by atoms with Gasteiger partial charge in [0.05, 0.1) is 7.11 Å². The van der Waals surface area contributed by atoms with Crippen LogP contribution < -0.4 is 5.32 Å². The molecule has 1 aliphatic rings. The van der Waals surface area contributed by atoms with Crippen LogP contribution in [0.4, 0.5) is 0 Å². The van der Waals surface area contributed by atoms with E-state index in [2.05, 4.69) is 12.2 Å². The van der Waals surface area contributed by atoms with Gasteiger partial charge in [-0.15, -0.1) is 0 Å². The molecule has 202 valence electrons. The van der Waals surface area contributed by atoms with Gasteiger partial charge in [0.1, 0.15) is 6.10 Å². The van der Waals surface area contributed by atoms with Crippen molar-refractivity contribution in [1.82, 2.24) is 5.32 Å². The Morgan fingerprint density at radius 1 is 1.03 bits per heavy atom. The average Bonchev–Trinajstić information content (AvgIpc) is 2.90. The first kappa shape index (κ1) is 29.5. The van der Waals surface area contributed by atoms with E-state index in [-0.39, 0.29) is 18.3 Å².